The zero-order valence-electron chi connectivity index (χ0n) is 13.2. The highest BCUT2D eigenvalue weighted by atomic mass is 35.5. The van der Waals surface area contributed by atoms with Gasteiger partial charge in [0.1, 0.15) is 0 Å². The number of sulfonamides is 1. The van der Waals surface area contributed by atoms with Crippen molar-refractivity contribution in [3.05, 3.63) is 34.4 Å². The summed E-state index contributed by atoms with van der Waals surface area (Å²) in [5.74, 6) is 0.358. The van der Waals surface area contributed by atoms with Crippen LogP contribution in [-0.4, -0.2) is 35.6 Å². The lowest BCUT2D eigenvalue weighted by Crippen LogP contribution is -2.46. The first-order valence-electron chi connectivity index (χ1n) is 7.62. The Morgan fingerprint density at radius 2 is 1.96 bits per heavy atom. The number of non-ortho nitro benzene ring substituents is 1. The first-order valence-corrected chi connectivity index (χ1v) is 9.50. The Bertz CT molecular complexity index is 659. The summed E-state index contributed by atoms with van der Waals surface area (Å²) in [6.07, 6.45) is 1.99. The number of hydrogen-bond acceptors (Lipinski definition) is 4. The van der Waals surface area contributed by atoms with Crippen LogP contribution >= 0.6 is 11.6 Å². The molecule has 0 aliphatic carbocycles. The van der Waals surface area contributed by atoms with Crippen molar-refractivity contribution in [2.45, 2.75) is 49.4 Å². The van der Waals surface area contributed by atoms with Gasteiger partial charge in [-0.3, -0.25) is 10.1 Å². The van der Waals surface area contributed by atoms with Crippen molar-refractivity contribution >= 4 is 27.3 Å². The van der Waals surface area contributed by atoms with Gasteiger partial charge in [-0.25, -0.2) is 8.42 Å². The van der Waals surface area contributed by atoms with Crippen molar-refractivity contribution < 1.29 is 13.3 Å². The molecule has 0 spiro atoms. The third-order valence-corrected chi connectivity index (χ3v) is 6.36. The summed E-state index contributed by atoms with van der Waals surface area (Å²) in [6.45, 7) is 4.48. The zero-order chi connectivity index (χ0) is 17.2. The molecule has 0 unspecified atom stereocenters. The van der Waals surface area contributed by atoms with E-state index in [4.69, 9.17) is 11.6 Å². The maximum absolute atomic E-state index is 12.9. The molecule has 1 aliphatic heterocycles. The number of nitro benzene ring substituents is 1. The minimum Gasteiger partial charge on any atom is -0.258 e. The van der Waals surface area contributed by atoms with Crippen LogP contribution in [0.5, 0.6) is 0 Å². The normalized spacial score (nSPS) is 23.1. The quantitative estimate of drug-likeness (QED) is 0.458. The van der Waals surface area contributed by atoms with Gasteiger partial charge in [-0.05, 0) is 37.3 Å². The van der Waals surface area contributed by atoms with Gasteiger partial charge in [0.05, 0.1) is 9.82 Å². The number of nitro groups is 1. The summed E-state index contributed by atoms with van der Waals surface area (Å²) in [5.41, 5.74) is -0.123. The number of nitrogens with zero attached hydrogens (tertiary/aromatic N) is 2. The minimum absolute atomic E-state index is 0.0120. The van der Waals surface area contributed by atoms with E-state index in [1.54, 1.807) is 0 Å². The van der Waals surface area contributed by atoms with Gasteiger partial charge >= 0.3 is 0 Å². The monoisotopic (exact) mass is 360 g/mol. The van der Waals surface area contributed by atoms with Crippen LogP contribution < -0.4 is 0 Å². The molecule has 0 bridgehead atoms. The third-order valence-electron chi connectivity index (χ3n) is 4.00. The van der Waals surface area contributed by atoms with Crippen LogP contribution in [0, 0.1) is 16.0 Å². The van der Waals surface area contributed by atoms with Gasteiger partial charge in [0.25, 0.3) is 5.69 Å². The van der Waals surface area contributed by atoms with Crippen molar-refractivity contribution in [3.8, 4) is 0 Å². The Morgan fingerprint density at radius 3 is 2.48 bits per heavy atom. The number of rotatable bonds is 5. The van der Waals surface area contributed by atoms with E-state index in [0.717, 1.165) is 6.42 Å². The summed E-state index contributed by atoms with van der Waals surface area (Å²) in [5, 5.41) is 10.7. The molecule has 8 heteroatoms. The summed E-state index contributed by atoms with van der Waals surface area (Å²) >= 11 is 6.22. The van der Waals surface area contributed by atoms with Crippen molar-refractivity contribution in [1.29, 1.82) is 0 Å². The smallest absolute Gasteiger partial charge is 0.258 e. The average molecular weight is 361 g/mol. The van der Waals surface area contributed by atoms with Crippen molar-refractivity contribution in [1.82, 2.24) is 4.31 Å². The van der Waals surface area contributed by atoms with Crippen LogP contribution in [0.25, 0.3) is 0 Å². The molecule has 6 nitrogen and oxygen atoms in total. The molecule has 1 saturated heterocycles. The fourth-order valence-corrected chi connectivity index (χ4v) is 4.89. The molecule has 1 aromatic rings. The van der Waals surface area contributed by atoms with E-state index in [0.29, 0.717) is 25.3 Å². The molecule has 1 heterocycles. The Labute approximate surface area is 141 Å². The first-order chi connectivity index (χ1) is 10.7. The van der Waals surface area contributed by atoms with E-state index >= 15 is 0 Å². The molecule has 0 amide bonds. The van der Waals surface area contributed by atoms with E-state index in [9.17, 15) is 18.5 Å². The fraction of sp³-hybridized carbons (Fsp3) is 0.600. The van der Waals surface area contributed by atoms with Crippen molar-refractivity contribution in [3.63, 3.8) is 0 Å². The van der Waals surface area contributed by atoms with Crippen LogP contribution in [0.2, 0.25) is 0 Å². The fourth-order valence-electron chi connectivity index (χ4n) is 2.93. The van der Waals surface area contributed by atoms with Crippen LogP contribution in [0.15, 0.2) is 29.2 Å². The van der Waals surface area contributed by atoms with Crippen LogP contribution in [0.1, 0.15) is 33.1 Å². The molecule has 1 fully saturated rings. The molecular weight excluding hydrogens is 340 g/mol. The summed E-state index contributed by atoms with van der Waals surface area (Å²) in [4.78, 5) is 10.2. The number of halogens is 1. The second kappa shape index (κ2) is 7.15. The molecule has 0 saturated carbocycles. The predicted octanol–water partition coefficient (Wildman–Crippen LogP) is 3.40. The third kappa shape index (κ3) is 4.22. The van der Waals surface area contributed by atoms with E-state index < -0.39 is 14.9 Å². The molecule has 2 atom stereocenters. The van der Waals surface area contributed by atoms with E-state index in [1.165, 1.54) is 28.6 Å². The molecule has 23 heavy (non-hydrogen) atoms. The lowest BCUT2D eigenvalue weighted by molar-refractivity contribution is -0.384. The van der Waals surface area contributed by atoms with Gasteiger partial charge in [-0.2, -0.15) is 4.31 Å². The topological polar surface area (TPSA) is 80.5 Å². The molecule has 0 aromatic heterocycles. The Morgan fingerprint density at radius 1 is 1.35 bits per heavy atom. The van der Waals surface area contributed by atoms with Crippen molar-refractivity contribution in [2.24, 2.45) is 5.92 Å². The molecule has 1 aromatic carbocycles. The van der Waals surface area contributed by atoms with Crippen molar-refractivity contribution in [2.75, 3.05) is 6.54 Å². The van der Waals surface area contributed by atoms with Gasteiger partial charge in [-0.15, -0.1) is 11.6 Å². The largest absolute Gasteiger partial charge is 0.269 e. The number of benzene rings is 1. The van der Waals surface area contributed by atoms with Crippen LogP contribution in [-0.2, 0) is 10.0 Å². The Kier molecular flexibility index (Phi) is 5.65. The maximum Gasteiger partial charge on any atom is 0.269 e. The highest BCUT2D eigenvalue weighted by Gasteiger charge is 2.36. The lowest BCUT2D eigenvalue weighted by atomic mass is 9.96. The number of alkyl halides is 1. The highest BCUT2D eigenvalue weighted by Crippen LogP contribution is 2.31. The molecule has 0 N–H and O–H groups in total. The van der Waals surface area contributed by atoms with Gasteiger partial charge < -0.3 is 0 Å². The summed E-state index contributed by atoms with van der Waals surface area (Å²) < 4.78 is 27.3. The van der Waals surface area contributed by atoms with E-state index in [2.05, 4.69) is 13.8 Å². The molecule has 1 aliphatic rings. The van der Waals surface area contributed by atoms with Gasteiger partial charge in [-0.1, -0.05) is 13.8 Å². The predicted molar refractivity (Wildman–Crippen MR) is 89.1 cm³/mol. The molecule has 0 radical (unpaired) electrons. The standard InChI is InChI=1S/C15H21ClN2O4S/c1-11(2)9-14-10-12(16)7-8-17(14)23(21,22)15-5-3-13(4-6-15)18(19)20/h3-6,11-12,14H,7-10H2,1-2H3/t12-,14+/m0/s1. The minimum atomic E-state index is -3.67. The van der Waals surface area contributed by atoms with Crippen LogP contribution in [0.4, 0.5) is 5.69 Å². The zero-order valence-corrected chi connectivity index (χ0v) is 14.8. The Balaban J connectivity index is 2.30. The van der Waals surface area contributed by atoms with E-state index in [-0.39, 0.29) is 22.0 Å². The highest BCUT2D eigenvalue weighted by molar-refractivity contribution is 7.89. The van der Waals surface area contributed by atoms with Crippen LogP contribution in [0.3, 0.4) is 0 Å². The molecule has 2 rings (SSSR count). The molecular formula is C15H21ClN2O4S. The average Bonchev–Trinajstić information content (AvgIpc) is 2.46. The van der Waals surface area contributed by atoms with Gasteiger partial charge in [0, 0.05) is 30.1 Å². The first kappa shape index (κ1) is 18.2. The maximum atomic E-state index is 12.9. The van der Waals surface area contributed by atoms with E-state index in [1.807, 2.05) is 0 Å². The summed E-state index contributed by atoms with van der Waals surface area (Å²) in [6, 6.07) is 4.91. The van der Waals surface area contributed by atoms with Gasteiger partial charge in [0.15, 0.2) is 0 Å². The SMILES string of the molecule is CC(C)C[C@@H]1C[C@@H](Cl)CCN1S(=O)(=O)c1ccc([N+](=O)[O-])cc1. The number of piperidine rings is 1. The number of hydrogen-bond donors (Lipinski definition) is 0. The lowest BCUT2D eigenvalue weighted by Gasteiger charge is -2.37. The second-order valence-electron chi connectivity index (χ2n) is 6.27. The summed E-state index contributed by atoms with van der Waals surface area (Å²) in [7, 11) is -3.67. The van der Waals surface area contributed by atoms with Gasteiger partial charge in [0.2, 0.25) is 10.0 Å². The second-order valence-corrected chi connectivity index (χ2v) is 8.78. The Hall–Kier alpha value is -1.18. The molecule has 128 valence electrons.